The molecule has 0 bridgehead atoms. The fourth-order valence-corrected chi connectivity index (χ4v) is 3.13. The Morgan fingerprint density at radius 2 is 2.11 bits per heavy atom. The van der Waals surface area contributed by atoms with E-state index in [1.54, 1.807) is 12.1 Å². The molecule has 1 fully saturated rings. The lowest BCUT2D eigenvalue weighted by Gasteiger charge is -2.29. The number of nitrogens with one attached hydrogen (secondary N) is 2. The van der Waals surface area contributed by atoms with Crippen LogP contribution in [0.2, 0.25) is 0 Å². The molecule has 1 unspecified atom stereocenters. The number of rotatable bonds is 4. The molecule has 138 valence electrons. The SMILES string of the molecule is [N-]=[N+]=NCC(=O)NC(=O)c1cccc2c1C(=O)N(C1CCC(=O)NC1=O)C2. The maximum atomic E-state index is 12.8. The number of imide groups is 2. The maximum Gasteiger partial charge on any atom is 0.258 e. The fraction of sp³-hybridized carbons (Fsp3) is 0.312. The second-order valence-electron chi connectivity index (χ2n) is 6.01. The highest BCUT2D eigenvalue weighted by molar-refractivity contribution is 6.14. The van der Waals surface area contributed by atoms with Crippen molar-refractivity contribution in [3.63, 3.8) is 0 Å². The zero-order valence-electron chi connectivity index (χ0n) is 14.0. The van der Waals surface area contributed by atoms with E-state index in [1.807, 2.05) is 0 Å². The third kappa shape index (κ3) is 3.48. The number of fused-ring (bicyclic) bond motifs is 1. The summed E-state index contributed by atoms with van der Waals surface area (Å²) in [7, 11) is 0. The predicted molar refractivity (Wildman–Crippen MR) is 89.0 cm³/mol. The van der Waals surface area contributed by atoms with Crippen molar-refractivity contribution < 1.29 is 24.0 Å². The van der Waals surface area contributed by atoms with Gasteiger partial charge >= 0.3 is 0 Å². The number of benzene rings is 1. The van der Waals surface area contributed by atoms with Gasteiger partial charge in [0.05, 0.1) is 11.1 Å². The van der Waals surface area contributed by atoms with Crippen molar-refractivity contribution >= 4 is 29.5 Å². The van der Waals surface area contributed by atoms with Gasteiger partial charge in [0.25, 0.3) is 11.8 Å². The molecule has 3 rings (SSSR count). The first-order valence-corrected chi connectivity index (χ1v) is 8.04. The molecule has 2 aliphatic heterocycles. The lowest BCUT2D eigenvalue weighted by molar-refractivity contribution is -0.137. The van der Waals surface area contributed by atoms with E-state index in [1.165, 1.54) is 11.0 Å². The number of amides is 5. The molecule has 0 aromatic heterocycles. The molecule has 1 aromatic carbocycles. The summed E-state index contributed by atoms with van der Waals surface area (Å²) >= 11 is 0. The molecule has 0 radical (unpaired) electrons. The van der Waals surface area contributed by atoms with Crippen LogP contribution >= 0.6 is 0 Å². The molecule has 2 N–H and O–H groups in total. The normalized spacial score (nSPS) is 18.4. The molecule has 11 nitrogen and oxygen atoms in total. The summed E-state index contributed by atoms with van der Waals surface area (Å²) in [6.07, 6.45) is 0.328. The van der Waals surface area contributed by atoms with E-state index in [-0.39, 0.29) is 36.4 Å². The summed E-state index contributed by atoms with van der Waals surface area (Å²) in [5, 5.41) is 7.32. The minimum absolute atomic E-state index is 0.0124. The molecule has 1 saturated heterocycles. The van der Waals surface area contributed by atoms with Gasteiger partial charge in [-0.1, -0.05) is 17.2 Å². The van der Waals surface area contributed by atoms with Crippen molar-refractivity contribution in [2.45, 2.75) is 25.4 Å². The van der Waals surface area contributed by atoms with Gasteiger partial charge in [0.15, 0.2) is 0 Å². The van der Waals surface area contributed by atoms with Gasteiger partial charge < -0.3 is 4.90 Å². The van der Waals surface area contributed by atoms with Crippen LogP contribution in [0, 0.1) is 0 Å². The van der Waals surface area contributed by atoms with Crippen molar-refractivity contribution in [1.29, 1.82) is 0 Å². The Labute approximate surface area is 152 Å². The molecule has 0 spiro atoms. The first-order valence-electron chi connectivity index (χ1n) is 8.04. The number of hydrogen-bond acceptors (Lipinski definition) is 6. The molecule has 27 heavy (non-hydrogen) atoms. The molecular formula is C16H14N6O5. The smallest absolute Gasteiger partial charge is 0.258 e. The summed E-state index contributed by atoms with van der Waals surface area (Å²) in [6, 6.07) is 3.80. The van der Waals surface area contributed by atoms with E-state index in [0.717, 1.165) is 0 Å². The topological polar surface area (TPSA) is 161 Å². The highest BCUT2D eigenvalue weighted by atomic mass is 16.2. The summed E-state index contributed by atoms with van der Waals surface area (Å²) in [6.45, 7) is -0.429. The zero-order valence-corrected chi connectivity index (χ0v) is 14.0. The van der Waals surface area contributed by atoms with Crippen LogP contribution in [0.3, 0.4) is 0 Å². The van der Waals surface area contributed by atoms with Crippen LogP contribution in [0.5, 0.6) is 0 Å². The molecule has 0 saturated carbocycles. The second kappa shape index (κ2) is 7.26. The highest BCUT2D eigenvalue weighted by Gasteiger charge is 2.40. The first kappa shape index (κ1) is 18.1. The van der Waals surface area contributed by atoms with E-state index in [2.05, 4.69) is 20.7 Å². The van der Waals surface area contributed by atoms with Crippen LogP contribution in [-0.4, -0.2) is 47.0 Å². The lowest BCUT2D eigenvalue weighted by Crippen LogP contribution is -2.52. The van der Waals surface area contributed by atoms with Crippen LogP contribution < -0.4 is 10.6 Å². The molecule has 5 amide bonds. The summed E-state index contributed by atoms with van der Waals surface area (Å²) < 4.78 is 0. The third-order valence-electron chi connectivity index (χ3n) is 4.33. The highest BCUT2D eigenvalue weighted by Crippen LogP contribution is 2.29. The fourth-order valence-electron chi connectivity index (χ4n) is 3.13. The van der Waals surface area contributed by atoms with Gasteiger partial charge in [0, 0.05) is 17.9 Å². The van der Waals surface area contributed by atoms with Gasteiger partial charge in [-0.3, -0.25) is 34.6 Å². The molecular weight excluding hydrogens is 356 g/mol. The number of carbonyl (C=O) groups excluding carboxylic acids is 5. The van der Waals surface area contributed by atoms with Gasteiger partial charge in [-0.25, -0.2) is 0 Å². The lowest BCUT2D eigenvalue weighted by atomic mass is 10.0. The molecule has 1 aromatic rings. The van der Waals surface area contributed by atoms with Gasteiger partial charge in [-0.2, -0.15) is 0 Å². The maximum absolute atomic E-state index is 12.8. The number of carbonyl (C=O) groups is 5. The molecule has 2 aliphatic rings. The predicted octanol–water partition coefficient (Wildman–Crippen LogP) is 0.0143. The summed E-state index contributed by atoms with van der Waals surface area (Å²) in [4.78, 5) is 63.9. The monoisotopic (exact) mass is 370 g/mol. The van der Waals surface area contributed by atoms with Gasteiger partial charge in [-0.15, -0.1) is 0 Å². The van der Waals surface area contributed by atoms with Gasteiger partial charge in [-0.05, 0) is 23.6 Å². The molecule has 1 atom stereocenters. The average molecular weight is 370 g/mol. The Hall–Kier alpha value is -3.72. The molecule has 11 heteroatoms. The number of hydrogen-bond donors (Lipinski definition) is 2. The quantitative estimate of drug-likeness (QED) is 0.330. The third-order valence-corrected chi connectivity index (χ3v) is 4.33. The van der Waals surface area contributed by atoms with E-state index in [9.17, 15) is 24.0 Å². The largest absolute Gasteiger partial charge is 0.322 e. The Morgan fingerprint density at radius 1 is 1.33 bits per heavy atom. The Balaban J connectivity index is 1.83. The van der Waals surface area contributed by atoms with Gasteiger partial charge in [0.2, 0.25) is 17.7 Å². The standard InChI is InChI=1S/C16H14N6O5/c17-21-18-6-12(24)20-14(25)9-3-1-2-8-7-22(16(27)13(8)9)10-4-5-11(23)19-15(10)26/h1-3,10H,4-7H2,(H,19,23,26)(H,20,24,25). The van der Waals surface area contributed by atoms with Crippen molar-refractivity contribution in [3.05, 3.63) is 45.3 Å². The Bertz CT molecular complexity index is 920. The number of piperidine rings is 1. The number of azide groups is 1. The van der Waals surface area contributed by atoms with Crippen LogP contribution in [0.15, 0.2) is 23.3 Å². The van der Waals surface area contributed by atoms with Crippen LogP contribution in [-0.2, 0) is 20.9 Å². The Morgan fingerprint density at radius 3 is 2.81 bits per heavy atom. The van der Waals surface area contributed by atoms with Crippen LogP contribution in [0.4, 0.5) is 0 Å². The minimum atomic E-state index is -0.803. The van der Waals surface area contributed by atoms with E-state index in [0.29, 0.717) is 5.56 Å². The summed E-state index contributed by atoms with van der Waals surface area (Å²) in [5.41, 5.74) is 8.84. The van der Waals surface area contributed by atoms with E-state index < -0.39 is 36.2 Å². The molecule has 0 aliphatic carbocycles. The van der Waals surface area contributed by atoms with Crippen LogP contribution in [0.25, 0.3) is 10.4 Å². The Kier molecular flexibility index (Phi) is 4.86. The first-order chi connectivity index (χ1) is 12.9. The van der Waals surface area contributed by atoms with Crippen molar-refractivity contribution in [3.8, 4) is 0 Å². The van der Waals surface area contributed by atoms with Crippen molar-refractivity contribution in [1.82, 2.24) is 15.5 Å². The van der Waals surface area contributed by atoms with Crippen LogP contribution in [0.1, 0.15) is 39.1 Å². The zero-order chi connectivity index (χ0) is 19.6. The molecule has 2 heterocycles. The van der Waals surface area contributed by atoms with Crippen molar-refractivity contribution in [2.75, 3.05) is 6.54 Å². The van der Waals surface area contributed by atoms with Crippen molar-refractivity contribution in [2.24, 2.45) is 5.11 Å². The second-order valence-corrected chi connectivity index (χ2v) is 6.01. The summed E-state index contributed by atoms with van der Waals surface area (Å²) in [5.74, 6) is -3.07. The minimum Gasteiger partial charge on any atom is -0.322 e. The van der Waals surface area contributed by atoms with E-state index in [4.69, 9.17) is 5.53 Å². The number of nitrogens with zero attached hydrogens (tertiary/aromatic N) is 4. The average Bonchev–Trinajstić information content (AvgIpc) is 2.96. The van der Waals surface area contributed by atoms with Gasteiger partial charge in [0.1, 0.15) is 12.6 Å². The van der Waals surface area contributed by atoms with E-state index >= 15 is 0 Å².